The van der Waals surface area contributed by atoms with E-state index in [0.717, 1.165) is 0 Å². The average molecular weight is 230 g/mol. The number of carbonyl (C=O) groups is 1. The Bertz CT molecular complexity index is 213. The van der Waals surface area contributed by atoms with Crippen molar-refractivity contribution < 1.29 is 9.90 Å². The second kappa shape index (κ2) is 6.86. The molecule has 0 aromatic rings. The molecule has 0 spiro atoms. The number of nitrogens with one attached hydrogen (secondary N) is 1. The predicted molar refractivity (Wildman–Crippen MR) is 66.0 cm³/mol. The van der Waals surface area contributed by atoms with Gasteiger partial charge in [-0.2, -0.15) is 0 Å². The SMILES string of the molecule is CC(N)CCC(=O)NCC(C)(C)CC(C)O. The molecule has 0 rings (SSSR count). The van der Waals surface area contributed by atoms with Gasteiger partial charge < -0.3 is 16.2 Å². The highest BCUT2D eigenvalue weighted by Crippen LogP contribution is 2.21. The Labute approximate surface area is 98.6 Å². The molecule has 0 aromatic heterocycles. The predicted octanol–water partition coefficient (Wildman–Crippen LogP) is 1.03. The number of nitrogens with two attached hydrogens (primary N) is 1. The summed E-state index contributed by atoms with van der Waals surface area (Å²) in [5.74, 6) is 0.0379. The van der Waals surface area contributed by atoms with Crippen molar-refractivity contribution in [3.05, 3.63) is 0 Å². The molecule has 4 nitrogen and oxygen atoms in total. The van der Waals surface area contributed by atoms with Crippen LogP contribution in [-0.2, 0) is 4.79 Å². The molecule has 0 bridgehead atoms. The van der Waals surface area contributed by atoms with Crippen molar-refractivity contribution in [1.29, 1.82) is 0 Å². The van der Waals surface area contributed by atoms with E-state index in [9.17, 15) is 9.90 Å². The third-order valence-corrected chi connectivity index (χ3v) is 2.44. The van der Waals surface area contributed by atoms with Gasteiger partial charge in [0.2, 0.25) is 5.91 Å². The third kappa shape index (κ3) is 8.68. The molecule has 2 unspecified atom stereocenters. The van der Waals surface area contributed by atoms with E-state index in [1.165, 1.54) is 0 Å². The summed E-state index contributed by atoms with van der Waals surface area (Å²) >= 11 is 0. The molecule has 4 heteroatoms. The van der Waals surface area contributed by atoms with Crippen molar-refractivity contribution in [2.45, 2.75) is 59.1 Å². The molecule has 16 heavy (non-hydrogen) atoms. The fourth-order valence-electron chi connectivity index (χ4n) is 1.66. The van der Waals surface area contributed by atoms with Crippen molar-refractivity contribution in [1.82, 2.24) is 5.32 Å². The van der Waals surface area contributed by atoms with Crippen molar-refractivity contribution in [3.63, 3.8) is 0 Å². The monoisotopic (exact) mass is 230 g/mol. The Morgan fingerprint density at radius 1 is 1.44 bits per heavy atom. The molecule has 96 valence electrons. The number of aliphatic hydroxyl groups excluding tert-OH is 1. The summed E-state index contributed by atoms with van der Waals surface area (Å²) in [6.45, 7) is 8.32. The molecule has 0 aliphatic carbocycles. The van der Waals surface area contributed by atoms with Gasteiger partial charge in [-0.1, -0.05) is 13.8 Å². The van der Waals surface area contributed by atoms with Crippen LogP contribution in [0.1, 0.15) is 47.0 Å². The van der Waals surface area contributed by atoms with Gasteiger partial charge in [-0.3, -0.25) is 4.79 Å². The zero-order chi connectivity index (χ0) is 12.8. The first-order valence-corrected chi connectivity index (χ1v) is 5.93. The first kappa shape index (κ1) is 15.4. The van der Waals surface area contributed by atoms with Gasteiger partial charge in [0.15, 0.2) is 0 Å². The van der Waals surface area contributed by atoms with Crippen molar-refractivity contribution in [2.75, 3.05) is 6.54 Å². The van der Waals surface area contributed by atoms with Crippen LogP contribution in [0.25, 0.3) is 0 Å². The molecule has 2 atom stereocenters. The highest BCUT2D eigenvalue weighted by atomic mass is 16.3. The van der Waals surface area contributed by atoms with Crippen molar-refractivity contribution in [3.8, 4) is 0 Å². The van der Waals surface area contributed by atoms with Crippen LogP contribution in [0.5, 0.6) is 0 Å². The number of rotatable bonds is 7. The summed E-state index contributed by atoms with van der Waals surface area (Å²) in [5.41, 5.74) is 5.50. The summed E-state index contributed by atoms with van der Waals surface area (Å²) < 4.78 is 0. The number of hydrogen-bond acceptors (Lipinski definition) is 3. The summed E-state index contributed by atoms with van der Waals surface area (Å²) in [6.07, 6.45) is 1.53. The van der Waals surface area contributed by atoms with E-state index in [4.69, 9.17) is 5.73 Å². The zero-order valence-corrected chi connectivity index (χ0v) is 10.9. The van der Waals surface area contributed by atoms with E-state index < -0.39 is 0 Å². The van der Waals surface area contributed by atoms with Crippen LogP contribution in [0.4, 0.5) is 0 Å². The van der Waals surface area contributed by atoms with E-state index >= 15 is 0 Å². The largest absolute Gasteiger partial charge is 0.393 e. The number of aliphatic hydroxyl groups is 1. The minimum absolute atomic E-state index is 0.0379. The normalized spacial score (nSPS) is 15.6. The van der Waals surface area contributed by atoms with Gasteiger partial charge in [-0.15, -0.1) is 0 Å². The lowest BCUT2D eigenvalue weighted by Gasteiger charge is -2.26. The molecule has 0 saturated heterocycles. The average Bonchev–Trinajstić information content (AvgIpc) is 2.09. The third-order valence-electron chi connectivity index (χ3n) is 2.44. The first-order valence-electron chi connectivity index (χ1n) is 5.93. The van der Waals surface area contributed by atoms with Crippen LogP contribution < -0.4 is 11.1 Å². The number of amides is 1. The minimum atomic E-state index is -0.337. The van der Waals surface area contributed by atoms with Crippen LogP contribution >= 0.6 is 0 Å². The Hall–Kier alpha value is -0.610. The first-order chi connectivity index (χ1) is 7.23. The minimum Gasteiger partial charge on any atom is -0.393 e. The van der Waals surface area contributed by atoms with Gasteiger partial charge in [0.05, 0.1) is 6.10 Å². The van der Waals surface area contributed by atoms with E-state index in [1.807, 2.05) is 20.8 Å². The van der Waals surface area contributed by atoms with Gasteiger partial charge in [-0.05, 0) is 32.1 Å². The zero-order valence-electron chi connectivity index (χ0n) is 10.9. The molecular weight excluding hydrogens is 204 g/mol. The maximum Gasteiger partial charge on any atom is 0.220 e. The van der Waals surface area contributed by atoms with Gasteiger partial charge in [0, 0.05) is 19.0 Å². The molecule has 0 radical (unpaired) electrons. The van der Waals surface area contributed by atoms with Gasteiger partial charge in [-0.25, -0.2) is 0 Å². The van der Waals surface area contributed by atoms with E-state index in [2.05, 4.69) is 5.32 Å². The maximum atomic E-state index is 11.5. The molecule has 0 fully saturated rings. The van der Waals surface area contributed by atoms with E-state index in [1.54, 1.807) is 6.92 Å². The van der Waals surface area contributed by atoms with Crippen LogP contribution in [-0.4, -0.2) is 29.7 Å². The van der Waals surface area contributed by atoms with Crippen molar-refractivity contribution in [2.24, 2.45) is 11.1 Å². The Morgan fingerprint density at radius 2 is 2.00 bits per heavy atom. The summed E-state index contributed by atoms with van der Waals surface area (Å²) in [5, 5.41) is 12.2. The Morgan fingerprint density at radius 3 is 2.44 bits per heavy atom. The lowest BCUT2D eigenvalue weighted by molar-refractivity contribution is -0.121. The second-order valence-corrected chi connectivity index (χ2v) is 5.51. The standard InChI is InChI=1S/C12H26N2O2/c1-9(13)5-6-11(16)14-8-12(3,4)7-10(2)15/h9-10,15H,5-8,13H2,1-4H3,(H,14,16). The summed E-state index contributed by atoms with van der Waals surface area (Å²) in [4.78, 5) is 11.5. The number of hydrogen-bond donors (Lipinski definition) is 3. The van der Waals surface area contributed by atoms with Crippen LogP contribution in [0, 0.1) is 5.41 Å². The highest BCUT2D eigenvalue weighted by molar-refractivity contribution is 5.75. The molecule has 0 aliphatic heterocycles. The second-order valence-electron chi connectivity index (χ2n) is 5.51. The Balaban J connectivity index is 3.81. The molecule has 4 N–H and O–H groups in total. The molecule has 1 amide bonds. The summed E-state index contributed by atoms with van der Waals surface area (Å²) in [7, 11) is 0. The lowest BCUT2D eigenvalue weighted by atomic mass is 9.87. The molecule has 0 aliphatic rings. The highest BCUT2D eigenvalue weighted by Gasteiger charge is 2.20. The molecule has 0 heterocycles. The smallest absolute Gasteiger partial charge is 0.220 e. The Kier molecular flexibility index (Phi) is 6.60. The molecular formula is C12H26N2O2. The van der Waals surface area contributed by atoms with Crippen LogP contribution in [0.15, 0.2) is 0 Å². The van der Waals surface area contributed by atoms with E-state index in [0.29, 0.717) is 25.8 Å². The number of carbonyl (C=O) groups excluding carboxylic acids is 1. The molecule has 0 aromatic carbocycles. The van der Waals surface area contributed by atoms with E-state index in [-0.39, 0.29) is 23.5 Å². The quantitative estimate of drug-likeness (QED) is 0.611. The fourth-order valence-corrected chi connectivity index (χ4v) is 1.66. The van der Waals surface area contributed by atoms with Gasteiger partial charge in [0.25, 0.3) is 0 Å². The topological polar surface area (TPSA) is 75.4 Å². The van der Waals surface area contributed by atoms with Crippen LogP contribution in [0.3, 0.4) is 0 Å². The van der Waals surface area contributed by atoms with Gasteiger partial charge in [0.1, 0.15) is 0 Å². The van der Waals surface area contributed by atoms with Crippen LogP contribution in [0.2, 0.25) is 0 Å². The molecule has 0 saturated carbocycles. The summed E-state index contributed by atoms with van der Waals surface area (Å²) in [6, 6.07) is 0.0659. The van der Waals surface area contributed by atoms with Gasteiger partial charge >= 0.3 is 0 Å². The lowest BCUT2D eigenvalue weighted by Crippen LogP contribution is -2.36. The maximum absolute atomic E-state index is 11.5. The fraction of sp³-hybridized carbons (Fsp3) is 0.917. The van der Waals surface area contributed by atoms with Crippen molar-refractivity contribution >= 4 is 5.91 Å².